The van der Waals surface area contributed by atoms with Crippen LogP contribution in [0.15, 0.2) is 48.6 Å². The third-order valence-corrected chi connectivity index (χ3v) is 12.8. The molecule has 3 heterocycles. The van der Waals surface area contributed by atoms with Crippen LogP contribution in [-0.2, 0) is 27.8 Å². The smallest absolute Gasteiger partial charge is 0.264 e. The van der Waals surface area contributed by atoms with E-state index in [-0.39, 0.29) is 29.2 Å². The van der Waals surface area contributed by atoms with Crippen LogP contribution >= 0.6 is 11.6 Å². The average molecular weight is 671 g/mol. The van der Waals surface area contributed by atoms with Gasteiger partial charge in [0.2, 0.25) is 10.0 Å². The van der Waals surface area contributed by atoms with Gasteiger partial charge in [0.05, 0.1) is 17.0 Å². The number of rotatable bonds is 2. The average Bonchev–Trinajstić information content (AvgIpc) is 3.04. The molecule has 1 saturated carbocycles. The Balaban J connectivity index is 1.36. The summed E-state index contributed by atoms with van der Waals surface area (Å²) >= 11 is 6.33. The van der Waals surface area contributed by atoms with Crippen LogP contribution in [0, 0.1) is 23.7 Å². The topological polar surface area (TPSA) is 105 Å². The molecule has 0 spiro atoms. The van der Waals surface area contributed by atoms with E-state index in [1.807, 2.05) is 37.3 Å². The summed E-state index contributed by atoms with van der Waals surface area (Å²) in [6.45, 7) is 5.00. The maximum absolute atomic E-state index is 13.9. The van der Waals surface area contributed by atoms with Crippen molar-refractivity contribution in [2.24, 2.45) is 23.7 Å². The zero-order valence-electron chi connectivity index (χ0n) is 26.7. The lowest BCUT2D eigenvalue weighted by atomic mass is 9.70. The third-order valence-electron chi connectivity index (χ3n) is 10.6. The quantitative estimate of drug-likeness (QED) is 0.362. The number of nitrogens with one attached hydrogen (secondary N) is 1. The fraction of sp³-hybridized carbons (Fsp3) is 0.583. The van der Waals surface area contributed by atoms with E-state index in [9.17, 15) is 18.3 Å². The Hall–Kier alpha value is -2.59. The molecule has 0 radical (unpaired) electrons. The van der Waals surface area contributed by atoms with Gasteiger partial charge in [-0.05, 0) is 123 Å². The van der Waals surface area contributed by atoms with Gasteiger partial charge in [-0.3, -0.25) is 4.79 Å². The largest absolute Gasteiger partial charge is 0.487 e. The normalized spacial score (nSPS) is 29.9. The second kappa shape index (κ2) is 14.7. The number of anilines is 1. The van der Waals surface area contributed by atoms with Crippen LogP contribution in [0.5, 0.6) is 5.75 Å². The van der Waals surface area contributed by atoms with E-state index >= 15 is 0 Å². The van der Waals surface area contributed by atoms with Gasteiger partial charge >= 0.3 is 0 Å². The Bertz CT molecular complexity index is 1520. The molecule has 3 aliphatic heterocycles. The summed E-state index contributed by atoms with van der Waals surface area (Å²) in [7, 11) is -4.01. The minimum atomic E-state index is -4.01. The molecule has 4 aliphatic rings. The predicted molar refractivity (Wildman–Crippen MR) is 181 cm³/mol. The number of aliphatic hydroxyl groups excluding tert-OH is 1. The lowest BCUT2D eigenvalue weighted by molar-refractivity contribution is 0.0460. The molecule has 250 valence electrons. The van der Waals surface area contributed by atoms with Gasteiger partial charge in [-0.1, -0.05) is 36.7 Å². The number of benzene rings is 2. The van der Waals surface area contributed by atoms with Crippen LogP contribution in [0.4, 0.5) is 5.69 Å². The molecule has 0 unspecified atom stereocenters. The van der Waals surface area contributed by atoms with Gasteiger partial charge in [-0.25, -0.2) is 13.1 Å². The van der Waals surface area contributed by atoms with Crippen molar-refractivity contribution in [1.82, 2.24) is 4.72 Å². The molecule has 2 fully saturated rings. The van der Waals surface area contributed by atoms with Gasteiger partial charge < -0.3 is 19.5 Å². The lowest BCUT2D eigenvalue weighted by Gasteiger charge is -2.42. The second-order valence-electron chi connectivity index (χ2n) is 13.7. The maximum atomic E-state index is 13.9. The number of halogens is 1. The molecule has 2 aromatic carbocycles. The summed E-state index contributed by atoms with van der Waals surface area (Å²) in [5, 5.41) is 11.2. The molecule has 5 atom stereocenters. The summed E-state index contributed by atoms with van der Waals surface area (Å²) in [5.41, 5.74) is 3.31. The van der Waals surface area contributed by atoms with Crippen molar-refractivity contribution < 1.29 is 27.8 Å². The molecule has 10 heteroatoms. The Morgan fingerprint density at radius 2 is 1.87 bits per heavy atom. The van der Waals surface area contributed by atoms with E-state index in [1.165, 1.54) is 5.56 Å². The molecule has 2 bridgehead atoms. The lowest BCUT2D eigenvalue weighted by Crippen LogP contribution is -2.44. The molecule has 6 rings (SSSR count). The van der Waals surface area contributed by atoms with Crippen LogP contribution in [0.1, 0.15) is 79.8 Å². The molecule has 46 heavy (non-hydrogen) atoms. The molecule has 2 aromatic rings. The number of ether oxygens (including phenoxy) is 2. The van der Waals surface area contributed by atoms with Gasteiger partial charge in [0.25, 0.3) is 5.91 Å². The Morgan fingerprint density at radius 1 is 1.04 bits per heavy atom. The number of aliphatic hydroxyl groups is 1. The number of carbonyl (C=O) groups excluding carboxylic acids is 1. The van der Waals surface area contributed by atoms with E-state index in [2.05, 4.69) is 9.62 Å². The van der Waals surface area contributed by atoms with E-state index in [4.69, 9.17) is 21.1 Å². The Labute approximate surface area is 278 Å². The SMILES string of the molecule is C[C@@H]1C/C=C/[C@H](O)[C@@H]2CC[C@H]2CN2CCCCc3cc(Cl)ccc3COc3ccc(cc32)C(=O)NS(=O)(=O)[C@@H]1CC1CCOCC1. The van der Waals surface area contributed by atoms with E-state index in [0.29, 0.717) is 43.4 Å². The minimum Gasteiger partial charge on any atom is -0.487 e. The van der Waals surface area contributed by atoms with Crippen LogP contribution < -0.4 is 14.4 Å². The van der Waals surface area contributed by atoms with Crippen molar-refractivity contribution in [3.63, 3.8) is 0 Å². The van der Waals surface area contributed by atoms with Crippen molar-refractivity contribution >= 4 is 33.2 Å². The van der Waals surface area contributed by atoms with E-state index in [0.717, 1.165) is 69.3 Å². The first-order valence-corrected chi connectivity index (χ1v) is 18.9. The van der Waals surface area contributed by atoms with Gasteiger partial charge in [0, 0.05) is 36.9 Å². The fourth-order valence-corrected chi connectivity index (χ4v) is 9.57. The fourth-order valence-electron chi connectivity index (χ4n) is 7.60. The van der Waals surface area contributed by atoms with Gasteiger partial charge in [-0.15, -0.1) is 0 Å². The first-order chi connectivity index (χ1) is 22.2. The molecular weight excluding hydrogens is 624 g/mol. The highest BCUT2D eigenvalue weighted by Gasteiger charge is 2.38. The van der Waals surface area contributed by atoms with E-state index < -0.39 is 27.3 Å². The van der Waals surface area contributed by atoms with Gasteiger partial charge in [-0.2, -0.15) is 0 Å². The molecular formula is C36H47ClN2O6S. The Morgan fingerprint density at radius 3 is 2.65 bits per heavy atom. The van der Waals surface area contributed by atoms with Crippen molar-refractivity contribution in [2.45, 2.75) is 82.7 Å². The monoisotopic (exact) mass is 670 g/mol. The first-order valence-electron chi connectivity index (χ1n) is 17.0. The second-order valence-corrected chi connectivity index (χ2v) is 16.1. The van der Waals surface area contributed by atoms with Crippen LogP contribution in [0.2, 0.25) is 5.02 Å². The molecule has 1 amide bonds. The van der Waals surface area contributed by atoms with Crippen LogP contribution in [0.25, 0.3) is 0 Å². The number of carbonyl (C=O) groups is 1. The first kappa shape index (κ1) is 33.3. The summed E-state index contributed by atoms with van der Waals surface area (Å²) in [6, 6.07) is 11.1. The highest BCUT2D eigenvalue weighted by atomic mass is 35.5. The van der Waals surface area contributed by atoms with Gasteiger partial charge in [0.1, 0.15) is 12.4 Å². The highest BCUT2D eigenvalue weighted by Crippen LogP contribution is 2.41. The predicted octanol–water partition coefficient (Wildman–Crippen LogP) is 6.29. The summed E-state index contributed by atoms with van der Waals surface area (Å²) < 4.78 is 42.3. The summed E-state index contributed by atoms with van der Waals surface area (Å²) in [4.78, 5) is 16.0. The number of allylic oxidation sites excluding steroid dienone is 1. The molecule has 1 saturated heterocycles. The van der Waals surface area contributed by atoms with Crippen LogP contribution in [-0.4, -0.2) is 57.1 Å². The number of hydrogen-bond donors (Lipinski definition) is 2. The number of nitrogens with zero attached hydrogens (tertiary/aromatic N) is 1. The zero-order chi connectivity index (χ0) is 32.3. The van der Waals surface area contributed by atoms with E-state index in [1.54, 1.807) is 18.2 Å². The number of fused-ring (bicyclic) bond motifs is 3. The third kappa shape index (κ3) is 7.75. The van der Waals surface area contributed by atoms with Crippen molar-refractivity contribution in [1.29, 1.82) is 0 Å². The number of aryl methyl sites for hydroxylation is 1. The van der Waals surface area contributed by atoms with Crippen molar-refractivity contribution in [3.8, 4) is 5.75 Å². The number of amides is 1. The molecule has 2 N–H and O–H groups in total. The number of sulfonamides is 1. The minimum absolute atomic E-state index is 0.127. The van der Waals surface area contributed by atoms with Gasteiger partial charge in [0.15, 0.2) is 0 Å². The standard InChI is InChI=1S/C36H47ClN2O6S/c1-24-5-4-7-33(40)31-12-9-28(31)22-39-16-3-2-6-26-20-30(37)11-8-29(26)23-45-34-13-10-27(21-32(34)39)36(41)38-46(42,43)35(24)19-25-14-17-44-18-15-25/h4,7-8,10-11,13,20-21,24-25,28,31,33,35,40H,2-3,5-6,9,12,14-19,22-23H2,1H3,(H,38,41)/b7-4+/t24-,28+,31-,33+,35-/m1/s1. The number of hydrogen-bond acceptors (Lipinski definition) is 7. The summed E-state index contributed by atoms with van der Waals surface area (Å²) in [6.07, 6.45) is 10.5. The van der Waals surface area contributed by atoms with Crippen LogP contribution in [0.3, 0.4) is 0 Å². The highest BCUT2D eigenvalue weighted by molar-refractivity contribution is 7.90. The summed E-state index contributed by atoms with van der Waals surface area (Å²) in [5.74, 6) is 0.408. The molecule has 8 nitrogen and oxygen atoms in total. The molecule has 1 aliphatic carbocycles. The molecule has 0 aromatic heterocycles. The van der Waals surface area contributed by atoms with Crippen molar-refractivity contribution in [2.75, 3.05) is 31.2 Å². The maximum Gasteiger partial charge on any atom is 0.264 e. The van der Waals surface area contributed by atoms with Crippen molar-refractivity contribution in [3.05, 3.63) is 70.3 Å². The Kier molecular flexibility index (Phi) is 10.6. The zero-order valence-corrected chi connectivity index (χ0v) is 28.3.